The molecule has 9 heteroatoms. The average molecular weight is 313 g/mol. The van der Waals surface area contributed by atoms with Crippen LogP contribution in [-0.2, 0) is 9.59 Å². The van der Waals surface area contributed by atoms with Gasteiger partial charge < -0.3 is 26.6 Å². The number of carboxylic acids is 1. The van der Waals surface area contributed by atoms with Gasteiger partial charge in [-0.1, -0.05) is 6.42 Å². The second-order valence-electron chi connectivity index (χ2n) is 6.65. The molecule has 1 aliphatic carbocycles. The highest BCUT2D eigenvalue weighted by molar-refractivity contribution is 6.40. The quantitative estimate of drug-likeness (QED) is 0.344. The number of likely N-dealkylation sites (tertiary alicyclic amines) is 1. The van der Waals surface area contributed by atoms with Gasteiger partial charge in [-0.05, 0) is 36.9 Å². The summed E-state index contributed by atoms with van der Waals surface area (Å²) >= 11 is 0. The Morgan fingerprint density at radius 1 is 1.32 bits per heavy atom. The zero-order valence-corrected chi connectivity index (χ0v) is 12.5. The van der Waals surface area contributed by atoms with Crippen LogP contribution in [0.25, 0.3) is 0 Å². The van der Waals surface area contributed by atoms with Crippen LogP contribution in [0.2, 0.25) is 6.32 Å². The molecule has 4 unspecified atom stereocenters. The van der Waals surface area contributed by atoms with Gasteiger partial charge in [0.15, 0.2) is 0 Å². The molecule has 7 N–H and O–H groups in total. The Kier molecular flexibility index (Phi) is 5.11. The summed E-state index contributed by atoms with van der Waals surface area (Å²) in [6.07, 6.45) is 1.63. The topological polar surface area (TPSA) is 150 Å². The van der Waals surface area contributed by atoms with Crippen molar-refractivity contribution in [1.29, 1.82) is 0 Å². The van der Waals surface area contributed by atoms with Crippen LogP contribution < -0.4 is 11.5 Å². The van der Waals surface area contributed by atoms with Crippen molar-refractivity contribution in [2.24, 2.45) is 29.2 Å². The van der Waals surface area contributed by atoms with Crippen LogP contribution in [-0.4, -0.2) is 64.2 Å². The minimum atomic E-state index is -1.39. The van der Waals surface area contributed by atoms with Crippen LogP contribution in [0, 0.1) is 17.8 Å². The predicted octanol–water partition coefficient (Wildman–Crippen LogP) is -1.93. The number of hydrogen-bond donors (Lipinski definition) is 5. The molecule has 1 aliphatic heterocycles. The molecule has 0 aromatic heterocycles. The van der Waals surface area contributed by atoms with E-state index in [1.165, 1.54) is 0 Å². The fourth-order valence-electron chi connectivity index (χ4n) is 4.22. The fraction of sp³-hybridized carbons (Fsp3) is 0.846. The molecule has 1 amide bonds. The highest BCUT2D eigenvalue weighted by atomic mass is 16.4. The van der Waals surface area contributed by atoms with Crippen LogP contribution in [0.5, 0.6) is 0 Å². The second-order valence-corrected chi connectivity index (χ2v) is 6.65. The molecule has 0 bridgehead atoms. The van der Waals surface area contributed by atoms with Crippen molar-refractivity contribution in [3.05, 3.63) is 0 Å². The molecular formula is C13H24BN3O5. The standard InChI is InChI=1S/C13H24BN3O5/c15-11(18)7-17-5-8-4-13(16,12(19)20)10(9(8)6-17)2-1-3-14(21)22/h8-10,21-22H,1-7,16H2,(H2,15,18)(H,19,20). The number of hydrogen-bond acceptors (Lipinski definition) is 6. The van der Waals surface area contributed by atoms with Gasteiger partial charge in [0.1, 0.15) is 5.54 Å². The zero-order valence-electron chi connectivity index (χ0n) is 12.5. The lowest BCUT2D eigenvalue weighted by Gasteiger charge is -2.31. The van der Waals surface area contributed by atoms with Crippen molar-refractivity contribution < 1.29 is 24.7 Å². The number of rotatable bonds is 7. The number of nitrogens with two attached hydrogens (primary N) is 2. The first-order valence-electron chi connectivity index (χ1n) is 7.63. The number of carboxylic acid groups (broad SMARTS) is 1. The summed E-state index contributed by atoms with van der Waals surface area (Å²) in [4.78, 5) is 24.6. The Labute approximate surface area is 129 Å². The molecule has 0 aromatic rings. The van der Waals surface area contributed by atoms with Gasteiger partial charge in [0.25, 0.3) is 0 Å². The molecule has 2 rings (SSSR count). The monoisotopic (exact) mass is 313 g/mol. The van der Waals surface area contributed by atoms with Crippen LogP contribution >= 0.6 is 0 Å². The summed E-state index contributed by atoms with van der Waals surface area (Å²) in [5.41, 5.74) is 10.1. The summed E-state index contributed by atoms with van der Waals surface area (Å²) in [5, 5.41) is 27.4. The molecule has 1 saturated heterocycles. The molecule has 0 spiro atoms. The SMILES string of the molecule is NC(=O)CN1CC2CC(N)(C(=O)O)C(CCCB(O)O)C2C1. The van der Waals surface area contributed by atoms with Crippen LogP contribution in [0.3, 0.4) is 0 Å². The lowest BCUT2D eigenvalue weighted by molar-refractivity contribution is -0.145. The molecule has 8 nitrogen and oxygen atoms in total. The molecule has 0 aromatic carbocycles. The lowest BCUT2D eigenvalue weighted by Crippen LogP contribution is -2.53. The van der Waals surface area contributed by atoms with Gasteiger partial charge in [-0.3, -0.25) is 14.5 Å². The maximum Gasteiger partial charge on any atom is 0.451 e. The Balaban J connectivity index is 2.06. The number of carbonyl (C=O) groups is 2. The van der Waals surface area contributed by atoms with Crippen LogP contribution in [0.15, 0.2) is 0 Å². The van der Waals surface area contributed by atoms with Crippen molar-refractivity contribution in [2.75, 3.05) is 19.6 Å². The van der Waals surface area contributed by atoms with Crippen LogP contribution in [0.1, 0.15) is 19.3 Å². The molecule has 0 radical (unpaired) electrons. The Bertz CT molecular complexity index is 449. The highest BCUT2D eigenvalue weighted by Crippen LogP contribution is 2.49. The normalized spacial score (nSPS) is 34.6. The number of fused-ring (bicyclic) bond motifs is 1. The van der Waals surface area contributed by atoms with E-state index in [2.05, 4.69) is 0 Å². The Morgan fingerprint density at radius 3 is 2.55 bits per heavy atom. The molecular weight excluding hydrogens is 289 g/mol. The molecule has 1 saturated carbocycles. The predicted molar refractivity (Wildman–Crippen MR) is 79.5 cm³/mol. The van der Waals surface area contributed by atoms with E-state index in [9.17, 15) is 14.7 Å². The third kappa shape index (κ3) is 3.43. The van der Waals surface area contributed by atoms with Crippen molar-refractivity contribution >= 4 is 19.0 Å². The average Bonchev–Trinajstić information content (AvgIpc) is 2.85. The number of aliphatic carboxylic acids is 1. The molecule has 4 atom stereocenters. The first-order valence-corrected chi connectivity index (χ1v) is 7.63. The number of nitrogens with zero attached hydrogens (tertiary/aromatic N) is 1. The minimum Gasteiger partial charge on any atom is -0.480 e. The van der Waals surface area contributed by atoms with Gasteiger partial charge in [-0.2, -0.15) is 0 Å². The van der Waals surface area contributed by atoms with E-state index in [0.717, 1.165) is 0 Å². The minimum absolute atomic E-state index is 0.108. The molecule has 2 aliphatic rings. The summed E-state index contributed by atoms with van der Waals surface area (Å²) in [5.74, 6) is -1.37. The van der Waals surface area contributed by atoms with E-state index in [1.54, 1.807) is 0 Å². The van der Waals surface area contributed by atoms with E-state index >= 15 is 0 Å². The van der Waals surface area contributed by atoms with Gasteiger partial charge in [-0.15, -0.1) is 0 Å². The maximum atomic E-state index is 11.6. The zero-order chi connectivity index (χ0) is 16.5. The summed E-state index contributed by atoms with van der Waals surface area (Å²) < 4.78 is 0. The van der Waals surface area contributed by atoms with Crippen LogP contribution in [0.4, 0.5) is 0 Å². The molecule has 124 valence electrons. The van der Waals surface area contributed by atoms with E-state index in [4.69, 9.17) is 21.5 Å². The Morgan fingerprint density at radius 2 is 2.00 bits per heavy atom. The second kappa shape index (κ2) is 6.53. The smallest absolute Gasteiger partial charge is 0.451 e. The van der Waals surface area contributed by atoms with E-state index in [-0.39, 0.29) is 30.6 Å². The summed E-state index contributed by atoms with van der Waals surface area (Å²) in [6, 6.07) is 0. The highest BCUT2D eigenvalue weighted by Gasteiger charge is 2.57. The molecule has 22 heavy (non-hydrogen) atoms. The van der Waals surface area contributed by atoms with E-state index in [1.807, 2.05) is 4.90 Å². The van der Waals surface area contributed by atoms with Crippen molar-refractivity contribution in [2.45, 2.75) is 31.1 Å². The van der Waals surface area contributed by atoms with Gasteiger partial charge in [0, 0.05) is 13.1 Å². The summed E-state index contributed by atoms with van der Waals surface area (Å²) in [7, 11) is -1.39. The fourth-order valence-corrected chi connectivity index (χ4v) is 4.22. The molecule has 1 heterocycles. The first-order chi connectivity index (χ1) is 10.2. The number of carbonyl (C=O) groups excluding carboxylic acids is 1. The van der Waals surface area contributed by atoms with Crippen molar-refractivity contribution in [3.8, 4) is 0 Å². The van der Waals surface area contributed by atoms with Gasteiger partial charge in [0.05, 0.1) is 6.54 Å². The van der Waals surface area contributed by atoms with Crippen molar-refractivity contribution in [3.63, 3.8) is 0 Å². The number of amides is 1. The first kappa shape index (κ1) is 17.2. The Hall–Kier alpha value is -1.16. The van der Waals surface area contributed by atoms with Crippen molar-refractivity contribution in [1.82, 2.24) is 4.90 Å². The van der Waals surface area contributed by atoms with E-state index in [0.29, 0.717) is 32.4 Å². The maximum absolute atomic E-state index is 11.6. The third-order valence-corrected chi connectivity index (χ3v) is 5.10. The largest absolute Gasteiger partial charge is 0.480 e. The summed E-state index contributed by atoms with van der Waals surface area (Å²) in [6.45, 7) is 1.44. The van der Waals surface area contributed by atoms with E-state index < -0.39 is 24.5 Å². The van der Waals surface area contributed by atoms with Gasteiger partial charge in [-0.25, -0.2) is 0 Å². The lowest BCUT2D eigenvalue weighted by atomic mass is 9.76. The molecule has 2 fully saturated rings. The van der Waals surface area contributed by atoms with Gasteiger partial charge in [0.2, 0.25) is 5.91 Å². The number of primary amides is 1. The van der Waals surface area contributed by atoms with Gasteiger partial charge >= 0.3 is 13.1 Å². The third-order valence-electron chi connectivity index (χ3n) is 5.10.